The maximum absolute atomic E-state index is 6.31. The molecule has 0 amide bonds. The molecule has 0 aromatic heterocycles. The largest absolute Gasteiger partial charge is 0.329 e. The van der Waals surface area contributed by atoms with Crippen LogP contribution in [0.1, 0.15) is 52.4 Å². The molecule has 0 radical (unpaired) electrons. The molecule has 1 aliphatic heterocycles. The molecule has 3 rings (SSSR count). The molecule has 4 unspecified atom stereocenters. The van der Waals surface area contributed by atoms with E-state index in [4.69, 9.17) is 5.73 Å². The smallest absolute Gasteiger partial charge is 0.0338 e. The lowest BCUT2D eigenvalue weighted by molar-refractivity contribution is 0.00547. The Bertz CT molecular complexity index is 318. The molecular formula is C16H30N2S. The van der Waals surface area contributed by atoms with Gasteiger partial charge in [-0.25, -0.2) is 0 Å². The van der Waals surface area contributed by atoms with Crippen LogP contribution in [-0.4, -0.2) is 40.6 Å². The molecule has 2 N–H and O–H groups in total. The highest BCUT2D eigenvalue weighted by atomic mass is 32.2. The molecule has 2 aliphatic carbocycles. The van der Waals surface area contributed by atoms with Gasteiger partial charge < -0.3 is 5.73 Å². The minimum absolute atomic E-state index is 0.333. The Morgan fingerprint density at radius 1 is 1.21 bits per heavy atom. The first kappa shape index (κ1) is 14.2. The van der Waals surface area contributed by atoms with Crippen LogP contribution in [0.5, 0.6) is 0 Å². The van der Waals surface area contributed by atoms with Gasteiger partial charge in [-0.05, 0) is 44.4 Å². The molecule has 0 aromatic carbocycles. The summed E-state index contributed by atoms with van der Waals surface area (Å²) in [5.74, 6) is 3.33. The Kier molecular flexibility index (Phi) is 4.17. The predicted octanol–water partition coefficient (Wildman–Crippen LogP) is 3.11. The Labute approximate surface area is 122 Å². The van der Waals surface area contributed by atoms with Crippen LogP contribution in [0.3, 0.4) is 0 Å². The molecule has 0 aromatic rings. The fourth-order valence-electron chi connectivity index (χ4n) is 4.52. The van der Waals surface area contributed by atoms with Crippen molar-refractivity contribution in [3.63, 3.8) is 0 Å². The second-order valence-electron chi connectivity index (χ2n) is 7.13. The summed E-state index contributed by atoms with van der Waals surface area (Å²) in [5, 5.41) is 0.762. The fourth-order valence-corrected chi connectivity index (χ4v) is 5.62. The van der Waals surface area contributed by atoms with E-state index in [-0.39, 0.29) is 0 Å². The third-order valence-corrected chi connectivity index (χ3v) is 7.36. The Morgan fingerprint density at radius 3 is 2.68 bits per heavy atom. The average molecular weight is 282 g/mol. The van der Waals surface area contributed by atoms with Crippen molar-refractivity contribution in [1.29, 1.82) is 0 Å². The van der Waals surface area contributed by atoms with Crippen LogP contribution in [0, 0.1) is 11.8 Å². The SMILES string of the molecule is CC1SCCN(C2(CN)CCCC(C3CC3)C2)C1C. The average Bonchev–Trinajstić information content (AvgIpc) is 3.26. The van der Waals surface area contributed by atoms with Crippen LogP contribution in [0.15, 0.2) is 0 Å². The van der Waals surface area contributed by atoms with Gasteiger partial charge in [-0.1, -0.05) is 19.8 Å². The molecule has 4 atom stereocenters. The van der Waals surface area contributed by atoms with Crippen molar-refractivity contribution in [2.24, 2.45) is 17.6 Å². The Balaban J connectivity index is 1.76. The minimum Gasteiger partial charge on any atom is -0.329 e. The molecule has 2 nitrogen and oxygen atoms in total. The molecule has 3 fully saturated rings. The van der Waals surface area contributed by atoms with Gasteiger partial charge in [-0.2, -0.15) is 11.8 Å². The lowest BCUT2D eigenvalue weighted by Crippen LogP contribution is -2.63. The third-order valence-electron chi connectivity index (χ3n) is 6.02. The molecule has 110 valence electrons. The third kappa shape index (κ3) is 2.71. The van der Waals surface area contributed by atoms with Crippen molar-refractivity contribution in [3.05, 3.63) is 0 Å². The second-order valence-corrected chi connectivity index (χ2v) is 8.62. The van der Waals surface area contributed by atoms with Crippen molar-refractivity contribution in [2.45, 2.75) is 69.2 Å². The lowest BCUT2D eigenvalue weighted by atomic mass is 9.72. The molecule has 0 spiro atoms. The van der Waals surface area contributed by atoms with Crippen molar-refractivity contribution < 1.29 is 0 Å². The van der Waals surface area contributed by atoms with E-state index in [9.17, 15) is 0 Å². The zero-order valence-corrected chi connectivity index (χ0v) is 13.4. The summed E-state index contributed by atoms with van der Waals surface area (Å²) < 4.78 is 0. The summed E-state index contributed by atoms with van der Waals surface area (Å²) >= 11 is 2.14. The second kappa shape index (κ2) is 5.57. The van der Waals surface area contributed by atoms with Crippen molar-refractivity contribution >= 4 is 11.8 Å². The van der Waals surface area contributed by atoms with E-state index in [1.807, 2.05) is 0 Å². The molecule has 19 heavy (non-hydrogen) atoms. The van der Waals surface area contributed by atoms with E-state index in [0.29, 0.717) is 11.6 Å². The van der Waals surface area contributed by atoms with Gasteiger partial charge in [0.25, 0.3) is 0 Å². The summed E-state index contributed by atoms with van der Waals surface area (Å²) in [6.07, 6.45) is 8.59. The molecule has 3 aliphatic rings. The zero-order valence-electron chi connectivity index (χ0n) is 12.6. The highest BCUT2D eigenvalue weighted by Crippen LogP contribution is 2.49. The van der Waals surface area contributed by atoms with Crippen molar-refractivity contribution in [1.82, 2.24) is 4.90 Å². The first-order valence-corrected chi connectivity index (χ1v) is 9.29. The zero-order chi connectivity index (χ0) is 13.5. The van der Waals surface area contributed by atoms with Gasteiger partial charge >= 0.3 is 0 Å². The first-order chi connectivity index (χ1) is 9.16. The van der Waals surface area contributed by atoms with Crippen molar-refractivity contribution in [2.75, 3.05) is 18.8 Å². The molecule has 1 heterocycles. The normalized spacial score (nSPS) is 45.3. The summed E-state index contributed by atoms with van der Waals surface area (Å²) in [4.78, 5) is 2.81. The quantitative estimate of drug-likeness (QED) is 0.862. The van der Waals surface area contributed by atoms with Gasteiger partial charge in [-0.15, -0.1) is 0 Å². The molecule has 0 bridgehead atoms. The van der Waals surface area contributed by atoms with E-state index >= 15 is 0 Å². The van der Waals surface area contributed by atoms with Crippen LogP contribution >= 0.6 is 11.8 Å². The van der Waals surface area contributed by atoms with E-state index in [0.717, 1.165) is 23.6 Å². The number of hydrogen-bond acceptors (Lipinski definition) is 3. The molecular weight excluding hydrogens is 252 g/mol. The monoisotopic (exact) mass is 282 g/mol. The van der Waals surface area contributed by atoms with E-state index in [1.165, 1.54) is 50.8 Å². The number of thioether (sulfide) groups is 1. The summed E-state index contributed by atoms with van der Waals surface area (Å²) in [7, 11) is 0. The van der Waals surface area contributed by atoms with Crippen LogP contribution in [0.25, 0.3) is 0 Å². The Morgan fingerprint density at radius 2 is 2.00 bits per heavy atom. The molecule has 1 saturated heterocycles. The highest BCUT2D eigenvalue weighted by Gasteiger charge is 2.47. The topological polar surface area (TPSA) is 29.3 Å². The van der Waals surface area contributed by atoms with Crippen molar-refractivity contribution in [3.8, 4) is 0 Å². The summed E-state index contributed by atoms with van der Waals surface area (Å²) in [5.41, 5.74) is 6.64. The van der Waals surface area contributed by atoms with E-state index < -0.39 is 0 Å². The first-order valence-electron chi connectivity index (χ1n) is 8.25. The highest BCUT2D eigenvalue weighted by molar-refractivity contribution is 8.00. The van der Waals surface area contributed by atoms with E-state index in [1.54, 1.807) is 0 Å². The molecule has 2 saturated carbocycles. The maximum atomic E-state index is 6.31. The summed E-state index contributed by atoms with van der Waals surface area (Å²) in [6.45, 7) is 6.95. The van der Waals surface area contributed by atoms with Gasteiger partial charge in [0.1, 0.15) is 0 Å². The van der Waals surface area contributed by atoms with Crippen LogP contribution in [0.2, 0.25) is 0 Å². The van der Waals surface area contributed by atoms with E-state index in [2.05, 4.69) is 30.5 Å². The molecule has 3 heteroatoms. The number of rotatable bonds is 3. The van der Waals surface area contributed by atoms with Crippen LogP contribution in [0.4, 0.5) is 0 Å². The summed E-state index contributed by atoms with van der Waals surface area (Å²) in [6, 6.07) is 0.695. The van der Waals surface area contributed by atoms with Gasteiger partial charge in [-0.3, -0.25) is 4.90 Å². The number of nitrogens with zero attached hydrogens (tertiary/aromatic N) is 1. The van der Waals surface area contributed by atoms with Gasteiger partial charge in [0.2, 0.25) is 0 Å². The van der Waals surface area contributed by atoms with Gasteiger partial charge in [0.15, 0.2) is 0 Å². The predicted molar refractivity (Wildman–Crippen MR) is 84.6 cm³/mol. The fraction of sp³-hybridized carbons (Fsp3) is 1.00. The van der Waals surface area contributed by atoms with Gasteiger partial charge in [0.05, 0.1) is 0 Å². The maximum Gasteiger partial charge on any atom is 0.0338 e. The lowest BCUT2D eigenvalue weighted by Gasteiger charge is -2.53. The van der Waals surface area contributed by atoms with Gasteiger partial charge in [0, 0.05) is 35.7 Å². The Hall–Kier alpha value is 0.270. The number of nitrogens with two attached hydrogens (primary N) is 1. The van der Waals surface area contributed by atoms with Crippen LogP contribution in [-0.2, 0) is 0 Å². The van der Waals surface area contributed by atoms with Crippen LogP contribution < -0.4 is 5.73 Å². The number of hydrogen-bond donors (Lipinski definition) is 1. The standard InChI is InChI=1S/C16H30N2S/c1-12-13(2)19-9-8-18(12)16(11-17)7-3-4-15(10-16)14-5-6-14/h12-15H,3-11,17H2,1-2H3. The minimum atomic E-state index is 0.333.